The van der Waals surface area contributed by atoms with Crippen LogP contribution >= 0.6 is 23.5 Å². The number of nitrogens with zero attached hydrogens (tertiary/aromatic N) is 3. The smallest absolute Gasteiger partial charge is 0.293 e. The van der Waals surface area contributed by atoms with Crippen molar-refractivity contribution < 1.29 is 18.8 Å². The maximum absolute atomic E-state index is 12.6. The molecule has 1 aliphatic heterocycles. The first-order valence-electron chi connectivity index (χ1n) is 10.2. The third-order valence-electron chi connectivity index (χ3n) is 4.88. The highest BCUT2D eigenvalue weighted by atomic mass is 32.2. The van der Waals surface area contributed by atoms with Crippen LogP contribution in [-0.2, 0) is 17.6 Å². The molecule has 1 aromatic carbocycles. The lowest BCUT2D eigenvalue weighted by molar-refractivity contribution is -0.122. The molecule has 0 unspecified atom stereocenters. The fourth-order valence-electron chi connectivity index (χ4n) is 3.08. The Balaban J connectivity index is 1.27. The minimum absolute atomic E-state index is 0.0875. The summed E-state index contributed by atoms with van der Waals surface area (Å²) in [5, 5.41) is 3.20. The summed E-state index contributed by atoms with van der Waals surface area (Å²) in [6.45, 7) is 2.20. The first-order chi connectivity index (χ1) is 15.9. The summed E-state index contributed by atoms with van der Waals surface area (Å²) in [5.41, 5.74) is 1.97. The number of aromatic nitrogens is 2. The SMILES string of the molecule is Cc1ccc(/C=C2\SC(=O)N(CCNC(=O)c3ccc(CSc4nccn4C)o3)C2=O)cc1. The second-order valence-corrected chi connectivity index (χ2v) is 9.31. The van der Waals surface area contributed by atoms with Crippen molar-refractivity contribution >= 4 is 46.7 Å². The normalized spacial score (nSPS) is 15.0. The minimum atomic E-state index is -0.398. The summed E-state index contributed by atoms with van der Waals surface area (Å²) in [6, 6.07) is 11.0. The van der Waals surface area contributed by atoms with Gasteiger partial charge in [-0.1, -0.05) is 41.6 Å². The van der Waals surface area contributed by atoms with E-state index in [0.717, 1.165) is 32.9 Å². The standard InChI is InChI=1S/C23H22N4O4S2/c1-15-3-5-16(6-4-15)13-19-21(29)27(23(30)33-19)12-10-24-20(28)18-8-7-17(31-18)14-32-22-25-9-11-26(22)2/h3-9,11,13H,10,12,14H2,1-2H3,(H,24,28)/b19-13-. The van der Waals surface area contributed by atoms with Gasteiger partial charge in [0.05, 0.1) is 10.7 Å². The Morgan fingerprint density at radius 1 is 1.21 bits per heavy atom. The second kappa shape index (κ2) is 10.1. The highest BCUT2D eigenvalue weighted by Gasteiger charge is 2.34. The highest BCUT2D eigenvalue weighted by molar-refractivity contribution is 8.18. The summed E-state index contributed by atoms with van der Waals surface area (Å²) in [4.78, 5) is 43.0. The fraction of sp³-hybridized carbons (Fsp3) is 0.217. The van der Waals surface area contributed by atoms with Gasteiger partial charge in [0.2, 0.25) is 0 Å². The number of hydrogen-bond acceptors (Lipinski definition) is 7. The van der Waals surface area contributed by atoms with Crippen LogP contribution < -0.4 is 5.32 Å². The first kappa shape index (κ1) is 22.9. The average molecular weight is 483 g/mol. The van der Waals surface area contributed by atoms with Gasteiger partial charge in [-0.3, -0.25) is 19.3 Å². The summed E-state index contributed by atoms with van der Waals surface area (Å²) in [6.07, 6.45) is 5.29. The molecular weight excluding hydrogens is 460 g/mol. The molecule has 3 heterocycles. The number of carbonyl (C=O) groups excluding carboxylic acids is 3. The Bertz CT molecular complexity index is 1210. The number of amides is 3. The third-order valence-corrected chi connectivity index (χ3v) is 6.86. The van der Waals surface area contributed by atoms with Crippen LogP contribution in [0.4, 0.5) is 4.79 Å². The van der Waals surface area contributed by atoms with E-state index in [4.69, 9.17) is 4.42 Å². The van der Waals surface area contributed by atoms with Gasteiger partial charge in [0.25, 0.3) is 17.1 Å². The van der Waals surface area contributed by atoms with Crippen LogP contribution in [0.15, 0.2) is 63.3 Å². The summed E-state index contributed by atoms with van der Waals surface area (Å²) >= 11 is 2.41. The van der Waals surface area contributed by atoms with Crippen molar-refractivity contribution in [2.75, 3.05) is 13.1 Å². The number of aryl methyl sites for hydroxylation is 2. The largest absolute Gasteiger partial charge is 0.455 e. The molecule has 0 bridgehead atoms. The molecule has 1 saturated heterocycles. The van der Waals surface area contributed by atoms with Gasteiger partial charge in [0.1, 0.15) is 5.76 Å². The van der Waals surface area contributed by atoms with Gasteiger partial charge in [0, 0.05) is 32.5 Å². The molecule has 0 saturated carbocycles. The van der Waals surface area contributed by atoms with E-state index in [1.165, 1.54) is 11.8 Å². The van der Waals surface area contributed by atoms with Crippen molar-refractivity contribution in [3.63, 3.8) is 0 Å². The molecule has 33 heavy (non-hydrogen) atoms. The second-order valence-electron chi connectivity index (χ2n) is 7.38. The van der Waals surface area contributed by atoms with Crippen LogP contribution in [0.3, 0.4) is 0 Å². The van der Waals surface area contributed by atoms with Crippen LogP contribution in [0.25, 0.3) is 6.08 Å². The number of furan rings is 1. The van der Waals surface area contributed by atoms with Crippen LogP contribution in [-0.4, -0.2) is 44.6 Å². The maximum Gasteiger partial charge on any atom is 0.293 e. The van der Waals surface area contributed by atoms with Gasteiger partial charge >= 0.3 is 0 Å². The Hall–Kier alpha value is -3.24. The number of nitrogens with one attached hydrogen (secondary N) is 1. The maximum atomic E-state index is 12.6. The Kier molecular flexibility index (Phi) is 7.05. The van der Waals surface area contributed by atoms with Crippen LogP contribution in [0.1, 0.15) is 27.4 Å². The molecule has 4 rings (SSSR count). The van der Waals surface area contributed by atoms with Crippen molar-refractivity contribution in [1.29, 1.82) is 0 Å². The molecule has 8 nitrogen and oxygen atoms in total. The van der Waals surface area contributed by atoms with E-state index in [-0.39, 0.29) is 30.0 Å². The molecule has 1 fully saturated rings. The number of thioether (sulfide) groups is 2. The molecule has 0 radical (unpaired) electrons. The van der Waals surface area contributed by atoms with E-state index < -0.39 is 5.91 Å². The number of hydrogen-bond donors (Lipinski definition) is 1. The lowest BCUT2D eigenvalue weighted by Gasteiger charge is -2.12. The van der Waals surface area contributed by atoms with E-state index in [2.05, 4.69) is 10.3 Å². The van der Waals surface area contributed by atoms with Crippen molar-refractivity contribution in [2.24, 2.45) is 7.05 Å². The van der Waals surface area contributed by atoms with Crippen molar-refractivity contribution in [1.82, 2.24) is 19.8 Å². The number of imide groups is 1. The molecule has 170 valence electrons. The summed E-state index contributed by atoms with van der Waals surface area (Å²) < 4.78 is 7.51. The van der Waals surface area contributed by atoms with E-state index in [1.54, 1.807) is 24.4 Å². The van der Waals surface area contributed by atoms with Gasteiger partial charge in [-0.05, 0) is 42.5 Å². The van der Waals surface area contributed by atoms with Crippen molar-refractivity contribution in [3.05, 3.63) is 76.3 Å². The summed E-state index contributed by atoms with van der Waals surface area (Å²) in [7, 11) is 1.91. The topological polar surface area (TPSA) is 97.4 Å². The monoisotopic (exact) mass is 482 g/mol. The lowest BCUT2D eigenvalue weighted by Crippen LogP contribution is -2.37. The molecule has 3 aromatic rings. The molecule has 0 atom stereocenters. The van der Waals surface area contributed by atoms with Gasteiger partial charge in [-0.25, -0.2) is 4.98 Å². The van der Waals surface area contributed by atoms with E-state index in [9.17, 15) is 14.4 Å². The molecule has 0 aliphatic carbocycles. The zero-order valence-corrected chi connectivity index (χ0v) is 19.7. The highest BCUT2D eigenvalue weighted by Crippen LogP contribution is 2.32. The van der Waals surface area contributed by atoms with Crippen LogP contribution in [0, 0.1) is 6.92 Å². The molecule has 1 aliphatic rings. The number of carbonyl (C=O) groups is 3. The third kappa shape index (κ3) is 5.58. The Morgan fingerprint density at radius 2 is 2.00 bits per heavy atom. The van der Waals surface area contributed by atoms with Gasteiger partial charge < -0.3 is 14.3 Å². The number of benzene rings is 1. The molecule has 1 N–H and O–H groups in total. The van der Waals surface area contributed by atoms with Crippen LogP contribution in [0.5, 0.6) is 0 Å². The molecule has 2 aromatic heterocycles. The predicted molar refractivity (Wildman–Crippen MR) is 128 cm³/mol. The van der Waals surface area contributed by atoms with Gasteiger partial charge in [0.15, 0.2) is 10.9 Å². The lowest BCUT2D eigenvalue weighted by atomic mass is 10.1. The molecule has 3 amide bonds. The Labute approximate surface area is 199 Å². The number of rotatable bonds is 8. The zero-order valence-electron chi connectivity index (χ0n) is 18.1. The fourth-order valence-corrected chi connectivity index (χ4v) is 4.77. The molecular formula is C23H22N4O4S2. The van der Waals surface area contributed by atoms with Crippen LogP contribution in [0.2, 0.25) is 0 Å². The predicted octanol–water partition coefficient (Wildman–Crippen LogP) is 4.08. The quantitative estimate of drug-likeness (QED) is 0.382. The average Bonchev–Trinajstić information content (AvgIpc) is 3.50. The zero-order chi connectivity index (χ0) is 23.4. The van der Waals surface area contributed by atoms with Crippen molar-refractivity contribution in [3.8, 4) is 0 Å². The van der Waals surface area contributed by atoms with E-state index in [1.807, 2.05) is 49.0 Å². The minimum Gasteiger partial charge on any atom is -0.455 e. The molecule has 10 heteroatoms. The number of imidazole rings is 1. The first-order valence-corrected chi connectivity index (χ1v) is 12.0. The summed E-state index contributed by atoms with van der Waals surface area (Å²) in [5.74, 6) is 0.624. The molecule has 0 spiro atoms. The van der Waals surface area contributed by atoms with Crippen molar-refractivity contribution in [2.45, 2.75) is 17.8 Å². The van der Waals surface area contributed by atoms with Gasteiger partial charge in [-0.2, -0.15) is 0 Å². The van der Waals surface area contributed by atoms with E-state index >= 15 is 0 Å². The van der Waals surface area contributed by atoms with Gasteiger partial charge in [-0.15, -0.1) is 0 Å². The Morgan fingerprint density at radius 3 is 2.73 bits per heavy atom. The van der Waals surface area contributed by atoms with E-state index in [0.29, 0.717) is 16.4 Å².